The smallest absolute Gasteiger partial charge is 0.324 e. The predicted octanol–water partition coefficient (Wildman–Crippen LogP) is 2.86. The molecule has 7 heteroatoms. The number of benzene rings is 1. The molecule has 0 radical (unpaired) electrons. The third-order valence-electron chi connectivity index (χ3n) is 4.89. The molecule has 7 nitrogen and oxygen atoms in total. The second-order valence-corrected chi connectivity index (χ2v) is 6.28. The van der Waals surface area contributed by atoms with Gasteiger partial charge in [-0.25, -0.2) is 4.98 Å². The summed E-state index contributed by atoms with van der Waals surface area (Å²) in [5, 5.41) is 11.5. The van der Waals surface area contributed by atoms with E-state index in [-0.39, 0.29) is 29.0 Å². The van der Waals surface area contributed by atoms with Crippen LogP contribution >= 0.6 is 0 Å². The first-order chi connectivity index (χ1) is 12.0. The Labute approximate surface area is 145 Å². The number of hydrogen-bond donors (Lipinski definition) is 1. The number of nitro groups is 1. The molecule has 2 atom stereocenters. The highest BCUT2D eigenvalue weighted by molar-refractivity contribution is 5.98. The zero-order valence-corrected chi connectivity index (χ0v) is 14.0. The van der Waals surface area contributed by atoms with Gasteiger partial charge in [-0.2, -0.15) is 0 Å². The highest BCUT2D eigenvalue weighted by Gasteiger charge is 2.36. The quantitative estimate of drug-likeness (QED) is 0.666. The number of primary amides is 1. The van der Waals surface area contributed by atoms with Gasteiger partial charge in [-0.1, -0.05) is 36.8 Å². The fraction of sp³-hybridized carbons (Fsp3) is 0.333. The van der Waals surface area contributed by atoms with Crippen LogP contribution in [0.4, 0.5) is 11.5 Å². The van der Waals surface area contributed by atoms with Gasteiger partial charge in [0.25, 0.3) is 5.91 Å². The normalized spacial score (nSPS) is 19.6. The molecule has 1 fully saturated rings. The zero-order chi connectivity index (χ0) is 18.0. The molecule has 0 aliphatic heterocycles. The minimum Gasteiger partial charge on any atom is -0.365 e. The van der Waals surface area contributed by atoms with Crippen LogP contribution in [0.3, 0.4) is 0 Å². The van der Waals surface area contributed by atoms with E-state index in [0.717, 1.165) is 19.3 Å². The van der Waals surface area contributed by atoms with Crippen LogP contribution in [0.15, 0.2) is 42.6 Å². The van der Waals surface area contributed by atoms with E-state index in [0.29, 0.717) is 0 Å². The van der Waals surface area contributed by atoms with Gasteiger partial charge in [-0.15, -0.1) is 0 Å². The number of amides is 1. The Morgan fingerprint density at radius 1 is 1.28 bits per heavy atom. The maximum Gasteiger partial charge on any atom is 0.324 e. The number of rotatable bonds is 5. The largest absolute Gasteiger partial charge is 0.365 e. The summed E-state index contributed by atoms with van der Waals surface area (Å²) < 4.78 is 0. The second kappa shape index (κ2) is 6.88. The van der Waals surface area contributed by atoms with Crippen molar-refractivity contribution in [3.63, 3.8) is 0 Å². The standard InChI is InChI=1S/C18H20N4O3/c1-21(15-9-5-8-13(15)12-6-3-2-4-7-12)18-16(22(24)25)14(17(19)23)10-11-20-18/h2-4,6-7,10-11,13,15H,5,8-9H2,1H3,(H2,19,23)/t13-,15+/m0/s1. The first kappa shape index (κ1) is 16.9. The van der Waals surface area contributed by atoms with E-state index in [1.54, 1.807) is 7.05 Å². The number of carbonyl (C=O) groups is 1. The lowest BCUT2D eigenvalue weighted by molar-refractivity contribution is -0.384. The van der Waals surface area contributed by atoms with Crippen molar-refractivity contribution < 1.29 is 9.72 Å². The van der Waals surface area contributed by atoms with Crippen LogP contribution in [-0.2, 0) is 0 Å². The van der Waals surface area contributed by atoms with Crippen LogP contribution in [0.25, 0.3) is 0 Å². The lowest BCUT2D eigenvalue weighted by Crippen LogP contribution is -2.35. The summed E-state index contributed by atoms with van der Waals surface area (Å²) in [6, 6.07) is 11.5. The van der Waals surface area contributed by atoms with E-state index < -0.39 is 10.8 Å². The van der Waals surface area contributed by atoms with Crippen LogP contribution in [0.1, 0.15) is 41.1 Å². The Balaban J connectivity index is 2.00. The van der Waals surface area contributed by atoms with Gasteiger partial charge in [0.15, 0.2) is 0 Å². The van der Waals surface area contributed by atoms with Crippen LogP contribution in [-0.4, -0.2) is 28.9 Å². The zero-order valence-electron chi connectivity index (χ0n) is 14.0. The summed E-state index contributed by atoms with van der Waals surface area (Å²) in [5.74, 6) is -0.367. The molecule has 0 saturated heterocycles. The molecule has 130 valence electrons. The highest BCUT2D eigenvalue weighted by Crippen LogP contribution is 2.40. The van der Waals surface area contributed by atoms with Crippen LogP contribution in [0.5, 0.6) is 0 Å². The predicted molar refractivity (Wildman–Crippen MR) is 94.6 cm³/mol. The molecule has 25 heavy (non-hydrogen) atoms. The molecule has 2 aromatic rings. The summed E-state index contributed by atoms with van der Waals surface area (Å²) in [6.45, 7) is 0. The Hall–Kier alpha value is -2.96. The number of pyridine rings is 1. The van der Waals surface area contributed by atoms with E-state index in [1.165, 1.54) is 17.8 Å². The Morgan fingerprint density at radius 2 is 2.00 bits per heavy atom. The average molecular weight is 340 g/mol. The molecule has 1 amide bonds. The van der Waals surface area contributed by atoms with Crippen molar-refractivity contribution in [1.82, 2.24) is 4.98 Å². The maximum absolute atomic E-state index is 11.6. The molecular weight excluding hydrogens is 320 g/mol. The molecule has 1 aliphatic rings. The first-order valence-electron chi connectivity index (χ1n) is 8.21. The number of carbonyl (C=O) groups excluding carboxylic acids is 1. The van der Waals surface area contributed by atoms with Gasteiger partial charge in [-0.05, 0) is 24.5 Å². The number of anilines is 1. The van der Waals surface area contributed by atoms with E-state index in [9.17, 15) is 14.9 Å². The van der Waals surface area contributed by atoms with Gasteiger partial charge < -0.3 is 10.6 Å². The molecule has 3 rings (SSSR count). The Kier molecular flexibility index (Phi) is 4.65. The molecule has 1 aromatic carbocycles. The van der Waals surface area contributed by atoms with Gasteiger partial charge in [0.2, 0.25) is 5.82 Å². The van der Waals surface area contributed by atoms with Crippen LogP contribution in [0, 0.1) is 10.1 Å². The molecule has 1 saturated carbocycles. The molecule has 0 spiro atoms. The van der Waals surface area contributed by atoms with Crippen molar-refractivity contribution >= 4 is 17.4 Å². The molecule has 1 aliphatic carbocycles. The van der Waals surface area contributed by atoms with E-state index >= 15 is 0 Å². The fourth-order valence-electron chi connectivity index (χ4n) is 3.73. The first-order valence-corrected chi connectivity index (χ1v) is 8.21. The van der Waals surface area contributed by atoms with E-state index in [2.05, 4.69) is 17.1 Å². The maximum atomic E-state index is 11.6. The summed E-state index contributed by atoms with van der Waals surface area (Å²) >= 11 is 0. The molecule has 1 heterocycles. The van der Waals surface area contributed by atoms with Crippen molar-refractivity contribution in [3.05, 3.63) is 63.8 Å². The summed E-state index contributed by atoms with van der Waals surface area (Å²) in [6.07, 6.45) is 4.36. The Bertz CT molecular complexity index is 794. The van der Waals surface area contributed by atoms with E-state index in [1.807, 2.05) is 23.1 Å². The number of nitrogens with two attached hydrogens (primary N) is 1. The second-order valence-electron chi connectivity index (χ2n) is 6.28. The molecular formula is C18H20N4O3. The van der Waals surface area contributed by atoms with Gasteiger partial charge >= 0.3 is 5.69 Å². The third kappa shape index (κ3) is 3.17. The minimum absolute atomic E-state index is 0.0803. The van der Waals surface area contributed by atoms with Gasteiger partial charge in [0.1, 0.15) is 5.56 Å². The fourth-order valence-corrected chi connectivity index (χ4v) is 3.73. The summed E-state index contributed by atoms with van der Waals surface area (Å²) in [5.41, 5.74) is 6.08. The topological polar surface area (TPSA) is 102 Å². The van der Waals surface area contributed by atoms with Crippen molar-refractivity contribution in [2.75, 3.05) is 11.9 Å². The number of nitrogens with zero attached hydrogens (tertiary/aromatic N) is 3. The summed E-state index contributed by atoms with van der Waals surface area (Å²) in [4.78, 5) is 28.6. The van der Waals surface area contributed by atoms with Crippen molar-refractivity contribution in [2.45, 2.75) is 31.2 Å². The third-order valence-corrected chi connectivity index (χ3v) is 4.89. The highest BCUT2D eigenvalue weighted by atomic mass is 16.6. The molecule has 2 N–H and O–H groups in total. The number of hydrogen-bond acceptors (Lipinski definition) is 5. The van der Waals surface area contributed by atoms with E-state index in [4.69, 9.17) is 5.73 Å². The average Bonchev–Trinajstić information content (AvgIpc) is 3.10. The Morgan fingerprint density at radius 3 is 2.64 bits per heavy atom. The van der Waals surface area contributed by atoms with Crippen molar-refractivity contribution in [3.8, 4) is 0 Å². The lowest BCUT2D eigenvalue weighted by Gasteiger charge is -2.30. The van der Waals surface area contributed by atoms with Crippen molar-refractivity contribution in [1.29, 1.82) is 0 Å². The van der Waals surface area contributed by atoms with Gasteiger partial charge in [0.05, 0.1) is 4.92 Å². The number of likely N-dealkylation sites (N-methyl/N-ethyl adjacent to an activating group) is 1. The van der Waals surface area contributed by atoms with Gasteiger partial charge in [-0.3, -0.25) is 14.9 Å². The summed E-state index contributed by atoms with van der Waals surface area (Å²) in [7, 11) is 1.80. The molecule has 1 aromatic heterocycles. The molecule has 0 unspecified atom stereocenters. The number of aromatic nitrogens is 1. The monoisotopic (exact) mass is 340 g/mol. The van der Waals surface area contributed by atoms with Crippen LogP contribution < -0.4 is 10.6 Å². The molecule has 0 bridgehead atoms. The van der Waals surface area contributed by atoms with Crippen molar-refractivity contribution in [2.24, 2.45) is 5.73 Å². The van der Waals surface area contributed by atoms with Crippen LogP contribution in [0.2, 0.25) is 0 Å². The SMILES string of the molecule is CN(c1nccc(C(N)=O)c1[N+](=O)[O-])[C@@H]1CCC[C@H]1c1ccccc1. The minimum atomic E-state index is -0.824. The van der Waals surface area contributed by atoms with Gasteiger partial charge in [0, 0.05) is 25.2 Å². The lowest BCUT2D eigenvalue weighted by atomic mass is 9.93.